The molecule has 1 aliphatic heterocycles. The lowest BCUT2D eigenvalue weighted by atomic mass is 10.0. The molecule has 0 radical (unpaired) electrons. The van der Waals surface area contributed by atoms with E-state index in [1.165, 1.54) is 25.7 Å². The molecule has 1 aliphatic carbocycles. The first-order valence-corrected chi connectivity index (χ1v) is 9.34. The second-order valence-electron chi connectivity index (χ2n) is 6.74. The molecule has 3 rings (SSSR count). The van der Waals surface area contributed by atoms with Crippen LogP contribution in [-0.2, 0) is 11.3 Å². The summed E-state index contributed by atoms with van der Waals surface area (Å²) in [4.78, 5) is 16.1. The maximum atomic E-state index is 11.9. The minimum absolute atomic E-state index is 0.155. The molecule has 1 aromatic carbocycles. The van der Waals surface area contributed by atoms with Gasteiger partial charge in [0.15, 0.2) is 17.5 Å². The van der Waals surface area contributed by atoms with Gasteiger partial charge in [-0.05, 0) is 36.5 Å². The van der Waals surface area contributed by atoms with Gasteiger partial charge >= 0.3 is 0 Å². The van der Waals surface area contributed by atoms with E-state index < -0.39 is 0 Å². The van der Waals surface area contributed by atoms with Gasteiger partial charge in [0.1, 0.15) is 0 Å². The molecule has 1 amide bonds. The van der Waals surface area contributed by atoms with E-state index in [1.54, 1.807) is 7.05 Å². The van der Waals surface area contributed by atoms with Gasteiger partial charge in [0.05, 0.1) is 0 Å². The Bertz CT molecular complexity index is 642. The van der Waals surface area contributed by atoms with Crippen LogP contribution in [0.5, 0.6) is 11.5 Å². The number of nitrogens with zero attached hydrogens (tertiary/aromatic N) is 1. The Morgan fingerprint density at radius 3 is 2.69 bits per heavy atom. The Balaban J connectivity index is 1.32. The molecule has 142 valence electrons. The predicted molar refractivity (Wildman–Crippen MR) is 100 cm³/mol. The minimum Gasteiger partial charge on any atom is -0.454 e. The summed E-state index contributed by atoms with van der Waals surface area (Å²) < 4.78 is 10.7. The Kier molecular flexibility index (Phi) is 6.57. The first-order chi connectivity index (χ1) is 12.7. The third-order valence-electron chi connectivity index (χ3n) is 4.81. The second-order valence-corrected chi connectivity index (χ2v) is 6.74. The molecule has 26 heavy (non-hydrogen) atoms. The number of amides is 1. The molecule has 0 unspecified atom stereocenters. The van der Waals surface area contributed by atoms with Crippen LogP contribution in [0.25, 0.3) is 0 Å². The zero-order valence-electron chi connectivity index (χ0n) is 15.3. The maximum absolute atomic E-state index is 11.9. The van der Waals surface area contributed by atoms with Crippen LogP contribution in [-0.4, -0.2) is 38.8 Å². The zero-order valence-corrected chi connectivity index (χ0v) is 15.3. The Labute approximate surface area is 154 Å². The molecule has 0 spiro atoms. The van der Waals surface area contributed by atoms with E-state index >= 15 is 0 Å². The number of fused-ring (bicyclic) bond motifs is 1. The normalized spacial score (nSPS) is 16.6. The summed E-state index contributed by atoms with van der Waals surface area (Å²) in [6, 6.07) is 5.87. The molecule has 1 aromatic rings. The van der Waals surface area contributed by atoms with Crippen LogP contribution < -0.4 is 25.4 Å². The number of benzene rings is 1. The molecule has 7 nitrogen and oxygen atoms in total. The number of ether oxygens (including phenoxy) is 2. The average molecular weight is 360 g/mol. The van der Waals surface area contributed by atoms with E-state index in [4.69, 9.17) is 9.47 Å². The number of carbonyl (C=O) groups is 1. The molecule has 3 N–H and O–H groups in total. The Hall–Kier alpha value is -2.44. The highest BCUT2D eigenvalue weighted by Crippen LogP contribution is 2.32. The highest BCUT2D eigenvalue weighted by Gasteiger charge is 2.18. The highest BCUT2D eigenvalue weighted by molar-refractivity contribution is 5.80. The monoisotopic (exact) mass is 360 g/mol. The number of nitrogens with one attached hydrogen (secondary N) is 3. The molecule has 7 heteroatoms. The number of hydrogen-bond donors (Lipinski definition) is 3. The van der Waals surface area contributed by atoms with Crippen LogP contribution in [0.3, 0.4) is 0 Å². The van der Waals surface area contributed by atoms with E-state index in [0.717, 1.165) is 17.1 Å². The van der Waals surface area contributed by atoms with Crippen molar-refractivity contribution in [1.82, 2.24) is 16.0 Å². The van der Waals surface area contributed by atoms with Crippen molar-refractivity contribution < 1.29 is 14.3 Å². The van der Waals surface area contributed by atoms with E-state index in [9.17, 15) is 4.79 Å². The maximum Gasteiger partial charge on any atom is 0.231 e. The molecule has 0 aromatic heterocycles. The molecule has 0 atom stereocenters. The first kappa shape index (κ1) is 18.4. The second kappa shape index (κ2) is 9.31. The van der Waals surface area contributed by atoms with Crippen LogP contribution in [0.15, 0.2) is 23.2 Å². The standard InChI is InChI=1S/C19H28N4O3/c1-20-19(22-9-8-21-18(24)11-14-4-2-3-5-14)23-12-15-6-7-16-17(10-15)26-13-25-16/h6-7,10,14H,2-5,8-9,11-13H2,1H3,(H,21,24)(H2,20,22,23). The highest BCUT2D eigenvalue weighted by atomic mass is 16.7. The topological polar surface area (TPSA) is 84.0 Å². The minimum atomic E-state index is 0.155. The lowest BCUT2D eigenvalue weighted by molar-refractivity contribution is -0.121. The van der Waals surface area contributed by atoms with Gasteiger partial charge in [-0.15, -0.1) is 0 Å². The summed E-state index contributed by atoms with van der Waals surface area (Å²) in [7, 11) is 1.73. The molecular formula is C19H28N4O3. The largest absolute Gasteiger partial charge is 0.454 e. The zero-order chi connectivity index (χ0) is 18.2. The predicted octanol–water partition coefficient (Wildman–Crippen LogP) is 1.78. The number of aliphatic imine (C=N–C) groups is 1. The summed E-state index contributed by atoms with van der Waals surface area (Å²) in [5.41, 5.74) is 1.09. The van der Waals surface area contributed by atoms with Crippen LogP contribution in [0.2, 0.25) is 0 Å². The van der Waals surface area contributed by atoms with Crippen LogP contribution in [0, 0.1) is 5.92 Å². The molecule has 1 fully saturated rings. The van der Waals surface area contributed by atoms with Crippen LogP contribution >= 0.6 is 0 Å². The average Bonchev–Trinajstić information content (AvgIpc) is 3.32. The van der Waals surface area contributed by atoms with Gasteiger partial charge in [-0.3, -0.25) is 9.79 Å². The Morgan fingerprint density at radius 2 is 1.88 bits per heavy atom. The summed E-state index contributed by atoms with van der Waals surface area (Å²) in [5.74, 6) is 3.00. The fourth-order valence-corrected chi connectivity index (χ4v) is 3.39. The van der Waals surface area contributed by atoms with Gasteiger partial charge in [-0.2, -0.15) is 0 Å². The fourth-order valence-electron chi connectivity index (χ4n) is 3.39. The van der Waals surface area contributed by atoms with E-state index in [-0.39, 0.29) is 12.7 Å². The van der Waals surface area contributed by atoms with Crippen LogP contribution in [0.4, 0.5) is 0 Å². The third-order valence-corrected chi connectivity index (χ3v) is 4.81. The fraction of sp³-hybridized carbons (Fsp3) is 0.579. The molecule has 2 aliphatic rings. The van der Waals surface area contributed by atoms with E-state index in [2.05, 4.69) is 20.9 Å². The van der Waals surface area contributed by atoms with Gasteiger partial charge in [0.2, 0.25) is 12.7 Å². The van der Waals surface area contributed by atoms with Gasteiger partial charge in [0, 0.05) is 33.1 Å². The summed E-state index contributed by atoms with van der Waals surface area (Å²) in [6.07, 6.45) is 5.59. The van der Waals surface area contributed by atoms with Crippen LogP contribution in [0.1, 0.15) is 37.7 Å². The smallest absolute Gasteiger partial charge is 0.231 e. The molecule has 1 heterocycles. The number of hydrogen-bond acceptors (Lipinski definition) is 4. The van der Waals surface area contributed by atoms with Crippen molar-refractivity contribution in [2.45, 2.75) is 38.6 Å². The van der Waals surface area contributed by atoms with Crippen molar-refractivity contribution >= 4 is 11.9 Å². The van der Waals surface area contributed by atoms with Crippen molar-refractivity contribution in [1.29, 1.82) is 0 Å². The quantitative estimate of drug-likeness (QED) is 0.392. The molecule has 0 saturated heterocycles. The molecule has 0 bridgehead atoms. The Morgan fingerprint density at radius 1 is 1.12 bits per heavy atom. The molecule has 1 saturated carbocycles. The van der Waals surface area contributed by atoms with Crippen molar-refractivity contribution in [3.8, 4) is 11.5 Å². The van der Waals surface area contributed by atoms with E-state index in [1.807, 2.05) is 18.2 Å². The van der Waals surface area contributed by atoms with Crippen molar-refractivity contribution in [2.75, 3.05) is 26.9 Å². The number of guanidine groups is 1. The first-order valence-electron chi connectivity index (χ1n) is 9.34. The summed E-state index contributed by atoms with van der Waals surface area (Å²) in [5, 5.41) is 9.44. The van der Waals surface area contributed by atoms with E-state index in [0.29, 0.717) is 37.9 Å². The van der Waals surface area contributed by atoms with Gasteiger partial charge in [-0.1, -0.05) is 18.9 Å². The summed E-state index contributed by atoms with van der Waals surface area (Å²) >= 11 is 0. The van der Waals surface area contributed by atoms with Crippen molar-refractivity contribution in [3.05, 3.63) is 23.8 Å². The van der Waals surface area contributed by atoms with Gasteiger partial charge in [-0.25, -0.2) is 0 Å². The lowest BCUT2D eigenvalue weighted by Gasteiger charge is -2.13. The summed E-state index contributed by atoms with van der Waals surface area (Å²) in [6.45, 7) is 2.14. The van der Waals surface area contributed by atoms with Crippen molar-refractivity contribution in [2.24, 2.45) is 10.9 Å². The van der Waals surface area contributed by atoms with Gasteiger partial charge < -0.3 is 25.4 Å². The molecular weight excluding hydrogens is 332 g/mol. The number of carbonyl (C=O) groups excluding carboxylic acids is 1. The van der Waals surface area contributed by atoms with Crippen molar-refractivity contribution in [3.63, 3.8) is 0 Å². The SMILES string of the molecule is CN=C(NCCNC(=O)CC1CCCC1)NCc1ccc2c(c1)OCO2. The number of rotatable bonds is 7. The third kappa shape index (κ3) is 5.28. The lowest BCUT2D eigenvalue weighted by Crippen LogP contribution is -2.41. The van der Waals surface area contributed by atoms with Gasteiger partial charge in [0.25, 0.3) is 0 Å².